The van der Waals surface area contributed by atoms with Gasteiger partial charge in [0.25, 0.3) is 5.91 Å². The zero-order chi connectivity index (χ0) is 20.9. The number of hydrogen-bond donors (Lipinski definition) is 1. The van der Waals surface area contributed by atoms with Crippen LogP contribution in [0.15, 0.2) is 42.5 Å². The number of piperidine rings is 1. The fourth-order valence-electron chi connectivity index (χ4n) is 5.98. The van der Waals surface area contributed by atoms with Crippen molar-refractivity contribution in [1.29, 1.82) is 0 Å². The van der Waals surface area contributed by atoms with Gasteiger partial charge in [-0.2, -0.15) is 0 Å². The van der Waals surface area contributed by atoms with E-state index in [0.29, 0.717) is 12.0 Å². The molecule has 2 aromatic carbocycles. The third-order valence-electron chi connectivity index (χ3n) is 7.30. The van der Waals surface area contributed by atoms with Crippen LogP contribution in [-0.2, 0) is 0 Å². The number of carbonyl (C=O) groups excluding carboxylic acids is 1. The Bertz CT molecular complexity index is 953. The number of carbonyl (C=O) groups is 1. The monoisotopic (exact) mass is 405 g/mol. The molecule has 3 unspecified atom stereocenters. The van der Waals surface area contributed by atoms with Gasteiger partial charge in [-0.25, -0.2) is 0 Å². The van der Waals surface area contributed by atoms with Crippen LogP contribution in [0.1, 0.15) is 61.4 Å². The van der Waals surface area contributed by atoms with Gasteiger partial charge in [0.05, 0.1) is 12.8 Å². The van der Waals surface area contributed by atoms with Crippen molar-refractivity contribution in [1.82, 2.24) is 10.2 Å². The number of benzene rings is 2. The first-order valence-corrected chi connectivity index (χ1v) is 11.2. The molecule has 2 fully saturated rings. The molecule has 30 heavy (non-hydrogen) atoms. The van der Waals surface area contributed by atoms with Crippen LogP contribution in [0.25, 0.3) is 0 Å². The molecular weight excluding hydrogens is 374 g/mol. The van der Waals surface area contributed by atoms with E-state index < -0.39 is 0 Å². The van der Waals surface area contributed by atoms with Crippen molar-refractivity contribution in [2.24, 2.45) is 0 Å². The molecule has 1 amide bonds. The Morgan fingerprint density at radius 1 is 1.20 bits per heavy atom. The van der Waals surface area contributed by atoms with E-state index in [1.165, 1.54) is 24.1 Å². The molecule has 3 heterocycles. The van der Waals surface area contributed by atoms with Crippen LogP contribution in [0.3, 0.4) is 0 Å². The molecule has 1 N–H and O–H groups in total. The molecule has 5 nitrogen and oxygen atoms in total. The Morgan fingerprint density at radius 2 is 1.97 bits per heavy atom. The van der Waals surface area contributed by atoms with Crippen molar-refractivity contribution in [2.75, 3.05) is 25.1 Å². The molecule has 3 aliphatic heterocycles. The van der Waals surface area contributed by atoms with Gasteiger partial charge >= 0.3 is 0 Å². The van der Waals surface area contributed by atoms with Crippen molar-refractivity contribution in [3.05, 3.63) is 53.6 Å². The Hall–Kier alpha value is -2.53. The van der Waals surface area contributed by atoms with E-state index >= 15 is 0 Å². The van der Waals surface area contributed by atoms with Crippen LogP contribution in [0.4, 0.5) is 11.4 Å². The Balaban J connectivity index is 1.58. The Labute approximate surface area is 179 Å². The van der Waals surface area contributed by atoms with Gasteiger partial charge in [0, 0.05) is 41.6 Å². The van der Waals surface area contributed by atoms with Crippen LogP contribution in [0, 0.1) is 0 Å². The molecule has 5 rings (SSSR count). The topological polar surface area (TPSA) is 44.8 Å². The predicted molar refractivity (Wildman–Crippen MR) is 120 cm³/mol. The maximum Gasteiger partial charge on any atom is 0.253 e. The SMILES string of the molecule is CCN(CC)C(=O)c1ccc(N2c3cccc(OC)c3C3CC4CCC2(C3)N4)cc1. The van der Waals surface area contributed by atoms with Crippen LogP contribution in [0.5, 0.6) is 5.75 Å². The molecule has 3 atom stereocenters. The van der Waals surface area contributed by atoms with E-state index in [1.54, 1.807) is 7.11 Å². The number of ether oxygens (including phenoxy) is 1. The summed E-state index contributed by atoms with van der Waals surface area (Å²) in [5.74, 6) is 1.62. The van der Waals surface area contributed by atoms with Crippen LogP contribution >= 0.6 is 0 Å². The van der Waals surface area contributed by atoms with Crippen LogP contribution in [-0.4, -0.2) is 42.7 Å². The quantitative estimate of drug-likeness (QED) is 0.786. The second-order valence-corrected chi connectivity index (χ2v) is 8.80. The smallest absolute Gasteiger partial charge is 0.253 e. The summed E-state index contributed by atoms with van der Waals surface area (Å²) in [5.41, 5.74) is 4.42. The second-order valence-electron chi connectivity index (χ2n) is 8.80. The summed E-state index contributed by atoms with van der Waals surface area (Å²) in [5, 5.41) is 3.95. The molecule has 158 valence electrons. The molecule has 0 aromatic heterocycles. The van der Waals surface area contributed by atoms with Gasteiger partial charge in [0.15, 0.2) is 0 Å². The molecular formula is C25H31N3O2. The van der Waals surface area contributed by atoms with Crippen LogP contribution < -0.4 is 15.0 Å². The van der Waals surface area contributed by atoms with Crippen LogP contribution in [0.2, 0.25) is 0 Å². The standard InChI is InChI=1S/C25H31N3O2/c1-4-27(5-2)24(29)17-9-11-20(12-10-17)28-21-7-6-8-22(30-3)23(21)18-15-19-13-14-25(28,16-18)26-19/h6-12,18-19,26H,4-5,13-16H2,1-3H3. The van der Waals surface area contributed by atoms with Gasteiger partial charge in [0.2, 0.25) is 0 Å². The lowest BCUT2D eigenvalue weighted by Crippen LogP contribution is -2.61. The summed E-state index contributed by atoms with van der Waals surface area (Å²) < 4.78 is 5.78. The first kappa shape index (κ1) is 19.4. The summed E-state index contributed by atoms with van der Waals surface area (Å²) in [6.45, 7) is 5.50. The minimum Gasteiger partial charge on any atom is -0.496 e. The summed E-state index contributed by atoms with van der Waals surface area (Å²) in [7, 11) is 1.77. The summed E-state index contributed by atoms with van der Waals surface area (Å²) in [6.07, 6.45) is 4.63. The highest BCUT2D eigenvalue weighted by atomic mass is 16.5. The third-order valence-corrected chi connectivity index (χ3v) is 7.30. The van der Waals surface area contributed by atoms with E-state index in [4.69, 9.17) is 4.74 Å². The molecule has 5 heteroatoms. The Kier molecular flexibility index (Phi) is 4.73. The number of methoxy groups -OCH3 is 1. The maximum absolute atomic E-state index is 12.8. The number of nitrogens with zero attached hydrogens (tertiary/aromatic N) is 2. The lowest BCUT2D eigenvalue weighted by molar-refractivity contribution is 0.0773. The second kappa shape index (κ2) is 7.31. The zero-order valence-corrected chi connectivity index (χ0v) is 18.1. The molecule has 0 aliphatic carbocycles. The minimum absolute atomic E-state index is 0.0443. The van der Waals surface area contributed by atoms with E-state index in [1.807, 2.05) is 30.9 Å². The fraction of sp³-hybridized carbons (Fsp3) is 0.480. The number of nitrogens with one attached hydrogen (secondary N) is 1. The molecule has 2 aromatic rings. The zero-order valence-electron chi connectivity index (χ0n) is 18.1. The van der Waals surface area contributed by atoms with Gasteiger partial charge in [-0.1, -0.05) is 6.07 Å². The molecule has 1 spiro atoms. The van der Waals surface area contributed by atoms with Gasteiger partial charge < -0.3 is 14.5 Å². The van der Waals surface area contributed by atoms with E-state index in [-0.39, 0.29) is 11.6 Å². The molecule has 3 aliphatic rings. The lowest BCUT2D eigenvalue weighted by atomic mass is 9.77. The van der Waals surface area contributed by atoms with Gasteiger partial charge in [-0.3, -0.25) is 10.1 Å². The summed E-state index contributed by atoms with van der Waals surface area (Å²) in [6, 6.07) is 15.1. The molecule has 3 bridgehead atoms. The Morgan fingerprint density at radius 3 is 2.67 bits per heavy atom. The fourth-order valence-corrected chi connectivity index (χ4v) is 5.98. The highest BCUT2D eigenvalue weighted by Crippen LogP contribution is 2.57. The number of fused-ring (bicyclic) bond motifs is 4. The average molecular weight is 406 g/mol. The van der Waals surface area contributed by atoms with Gasteiger partial charge in [-0.05, 0) is 81.8 Å². The number of hydrogen-bond acceptors (Lipinski definition) is 4. The molecule has 2 saturated heterocycles. The predicted octanol–water partition coefficient (Wildman–Crippen LogP) is 4.65. The highest BCUT2D eigenvalue weighted by Gasteiger charge is 2.54. The van der Waals surface area contributed by atoms with Crippen molar-refractivity contribution in [2.45, 2.75) is 57.2 Å². The highest BCUT2D eigenvalue weighted by molar-refractivity contribution is 5.94. The van der Waals surface area contributed by atoms with Gasteiger partial charge in [-0.15, -0.1) is 0 Å². The third kappa shape index (κ3) is 2.83. The molecule has 0 radical (unpaired) electrons. The first-order valence-electron chi connectivity index (χ1n) is 11.2. The van der Waals surface area contributed by atoms with Crippen molar-refractivity contribution < 1.29 is 9.53 Å². The summed E-state index contributed by atoms with van der Waals surface area (Å²) in [4.78, 5) is 17.1. The minimum atomic E-state index is -0.0443. The normalized spacial score (nSPS) is 26.3. The van der Waals surface area contributed by atoms with E-state index in [9.17, 15) is 4.79 Å². The summed E-state index contributed by atoms with van der Waals surface area (Å²) >= 11 is 0. The van der Waals surface area contributed by atoms with E-state index in [2.05, 4.69) is 40.5 Å². The number of rotatable bonds is 5. The maximum atomic E-state index is 12.8. The van der Waals surface area contributed by atoms with Crippen molar-refractivity contribution in [3.63, 3.8) is 0 Å². The first-order chi connectivity index (χ1) is 14.6. The average Bonchev–Trinajstić information content (AvgIpc) is 3.09. The largest absolute Gasteiger partial charge is 0.496 e. The number of anilines is 2. The van der Waals surface area contributed by atoms with Crippen molar-refractivity contribution >= 4 is 17.3 Å². The molecule has 0 saturated carbocycles. The van der Waals surface area contributed by atoms with Gasteiger partial charge in [0.1, 0.15) is 5.75 Å². The lowest BCUT2D eigenvalue weighted by Gasteiger charge is -2.53. The van der Waals surface area contributed by atoms with Crippen molar-refractivity contribution in [3.8, 4) is 5.75 Å². The number of amides is 1. The van der Waals surface area contributed by atoms with E-state index in [0.717, 1.165) is 42.9 Å².